The highest BCUT2D eigenvalue weighted by atomic mass is 35.5. The maximum absolute atomic E-state index is 6.29. The third-order valence-corrected chi connectivity index (χ3v) is 3.96. The van der Waals surface area contributed by atoms with E-state index < -0.39 is 0 Å². The molecule has 0 saturated heterocycles. The van der Waals surface area contributed by atoms with Crippen LogP contribution in [0.5, 0.6) is 0 Å². The van der Waals surface area contributed by atoms with Crippen molar-refractivity contribution in [3.8, 4) is 0 Å². The summed E-state index contributed by atoms with van der Waals surface area (Å²) in [6, 6.07) is 0.465. The van der Waals surface area contributed by atoms with Crippen LogP contribution in [0.25, 0.3) is 0 Å². The molecule has 110 valence electrons. The Hall–Kier alpha value is -1.33. The van der Waals surface area contributed by atoms with E-state index in [0.717, 1.165) is 28.6 Å². The Labute approximate surface area is 124 Å². The van der Waals surface area contributed by atoms with Gasteiger partial charge >= 0.3 is 0 Å². The Morgan fingerprint density at radius 3 is 2.60 bits per heavy atom. The highest BCUT2D eigenvalue weighted by Crippen LogP contribution is 2.21. The van der Waals surface area contributed by atoms with Crippen molar-refractivity contribution in [1.29, 1.82) is 0 Å². The number of nitrogens with one attached hydrogen (secondary N) is 1. The third-order valence-electron chi connectivity index (χ3n) is 3.47. The zero-order chi connectivity index (χ0) is 14.9. The summed E-state index contributed by atoms with van der Waals surface area (Å²) in [5.74, 6) is 0. The first-order chi connectivity index (χ1) is 9.40. The van der Waals surface area contributed by atoms with Crippen LogP contribution in [-0.2, 0) is 20.1 Å². The highest BCUT2D eigenvalue weighted by Gasteiger charge is 2.14. The van der Waals surface area contributed by atoms with Gasteiger partial charge in [0.05, 0.1) is 29.2 Å². The molecule has 0 aliphatic heterocycles. The molecule has 0 aromatic carbocycles. The lowest BCUT2D eigenvalue weighted by Crippen LogP contribution is -2.22. The van der Waals surface area contributed by atoms with Crippen molar-refractivity contribution in [3.05, 3.63) is 33.9 Å². The summed E-state index contributed by atoms with van der Waals surface area (Å²) >= 11 is 6.29. The number of nitrogens with zero attached hydrogens (tertiary/aromatic N) is 4. The molecule has 20 heavy (non-hydrogen) atoms. The van der Waals surface area contributed by atoms with Gasteiger partial charge in [0.2, 0.25) is 0 Å². The quantitative estimate of drug-likeness (QED) is 0.921. The summed E-state index contributed by atoms with van der Waals surface area (Å²) in [5, 5.41) is 12.9. The molecule has 0 amide bonds. The first-order valence-electron chi connectivity index (χ1n) is 6.82. The van der Waals surface area contributed by atoms with Gasteiger partial charge < -0.3 is 5.32 Å². The molecule has 2 aromatic heterocycles. The largest absolute Gasteiger partial charge is 0.310 e. The first-order valence-corrected chi connectivity index (χ1v) is 7.20. The van der Waals surface area contributed by atoms with Crippen LogP contribution in [0.1, 0.15) is 36.5 Å². The standard InChI is InChI=1S/C14H22ClN5/c1-9(2)16-6-12-7-17-20(11(12)4)8-13-14(15)10(3)18-19(13)5/h7,9,16H,6,8H2,1-5H3. The first kappa shape index (κ1) is 15.1. The van der Waals surface area contributed by atoms with Crippen LogP contribution < -0.4 is 5.32 Å². The van der Waals surface area contributed by atoms with Crippen molar-refractivity contribution in [3.63, 3.8) is 0 Å². The normalized spacial score (nSPS) is 11.6. The summed E-state index contributed by atoms with van der Waals surface area (Å²) < 4.78 is 3.80. The van der Waals surface area contributed by atoms with Crippen LogP contribution in [0.3, 0.4) is 0 Å². The predicted molar refractivity (Wildman–Crippen MR) is 81.0 cm³/mol. The molecule has 2 heterocycles. The summed E-state index contributed by atoms with van der Waals surface area (Å²) in [7, 11) is 1.91. The van der Waals surface area contributed by atoms with E-state index >= 15 is 0 Å². The average molecular weight is 296 g/mol. The van der Waals surface area contributed by atoms with E-state index in [1.165, 1.54) is 5.56 Å². The van der Waals surface area contributed by atoms with E-state index in [0.29, 0.717) is 12.6 Å². The molecule has 2 aromatic rings. The van der Waals surface area contributed by atoms with E-state index in [9.17, 15) is 0 Å². The van der Waals surface area contributed by atoms with Crippen LogP contribution in [0.15, 0.2) is 6.20 Å². The van der Waals surface area contributed by atoms with E-state index in [2.05, 4.69) is 36.3 Å². The van der Waals surface area contributed by atoms with Gasteiger partial charge in [0.25, 0.3) is 0 Å². The number of hydrogen-bond acceptors (Lipinski definition) is 3. The molecule has 0 saturated carbocycles. The van der Waals surface area contributed by atoms with Gasteiger partial charge in [-0.2, -0.15) is 10.2 Å². The van der Waals surface area contributed by atoms with E-state index in [-0.39, 0.29) is 0 Å². The molecule has 0 aliphatic rings. The van der Waals surface area contributed by atoms with Crippen LogP contribution in [0.4, 0.5) is 0 Å². The SMILES string of the molecule is Cc1nn(C)c(Cn2ncc(CNC(C)C)c2C)c1Cl. The van der Waals surface area contributed by atoms with Crippen molar-refractivity contribution >= 4 is 11.6 Å². The molecule has 0 atom stereocenters. The molecule has 2 rings (SSSR count). The zero-order valence-corrected chi connectivity index (χ0v) is 13.5. The average Bonchev–Trinajstić information content (AvgIpc) is 2.83. The van der Waals surface area contributed by atoms with Gasteiger partial charge in [0.1, 0.15) is 0 Å². The Morgan fingerprint density at radius 1 is 1.35 bits per heavy atom. The molecule has 0 aliphatic carbocycles. The third kappa shape index (κ3) is 3.04. The second-order valence-electron chi connectivity index (χ2n) is 5.42. The Kier molecular flexibility index (Phi) is 4.50. The summed E-state index contributed by atoms with van der Waals surface area (Å²) in [6.07, 6.45) is 1.92. The Morgan fingerprint density at radius 2 is 2.05 bits per heavy atom. The summed E-state index contributed by atoms with van der Waals surface area (Å²) in [5.41, 5.74) is 4.22. The second-order valence-corrected chi connectivity index (χ2v) is 5.80. The van der Waals surface area contributed by atoms with E-state index in [1.807, 2.05) is 29.5 Å². The monoisotopic (exact) mass is 295 g/mol. The number of hydrogen-bond donors (Lipinski definition) is 1. The van der Waals surface area contributed by atoms with E-state index in [1.54, 1.807) is 0 Å². The van der Waals surface area contributed by atoms with Crippen LogP contribution >= 0.6 is 11.6 Å². The van der Waals surface area contributed by atoms with Crippen molar-refractivity contribution in [2.45, 2.75) is 46.8 Å². The molecule has 0 bridgehead atoms. The van der Waals surface area contributed by atoms with Crippen molar-refractivity contribution < 1.29 is 0 Å². The molecule has 5 nitrogen and oxygen atoms in total. The van der Waals surface area contributed by atoms with Crippen LogP contribution in [-0.4, -0.2) is 25.6 Å². The van der Waals surface area contributed by atoms with Gasteiger partial charge in [-0.3, -0.25) is 9.36 Å². The minimum atomic E-state index is 0.465. The van der Waals surface area contributed by atoms with Gasteiger partial charge in [0, 0.05) is 30.9 Å². The number of aromatic nitrogens is 4. The van der Waals surface area contributed by atoms with Crippen molar-refractivity contribution in [2.75, 3.05) is 0 Å². The van der Waals surface area contributed by atoms with Crippen molar-refractivity contribution in [2.24, 2.45) is 7.05 Å². The van der Waals surface area contributed by atoms with E-state index in [4.69, 9.17) is 11.6 Å². The number of halogens is 1. The minimum Gasteiger partial charge on any atom is -0.310 e. The van der Waals surface area contributed by atoms with Gasteiger partial charge in [-0.15, -0.1) is 0 Å². The summed E-state index contributed by atoms with van der Waals surface area (Å²) in [6.45, 7) is 9.75. The molecular weight excluding hydrogens is 274 g/mol. The fraction of sp³-hybridized carbons (Fsp3) is 0.571. The molecule has 0 spiro atoms. The lowest BCUT2D eigenvalue weighted by atomic mass is 10.2. The molecule has 6 heteroatoms. The highest BCUT2D eigenvalue weighted by molar-refractivity contribution is 6.31. The smallest absolute Gasteiger partial charge is 0.0866 e. The minimum absolute atomic E-state index is 0.465. The predicted octanol–water partition coefficient (Wildman–Crippen LogP) is 2.43. The van der Waals surface area contributed by atoms with Crippen LogP contribution in [0.2, 0.25) is 5.02 Å². The van der Waals surface area contributed by atoms with Gasteiger partial charge in [-0.05, 0) is 13.8 Å². The second kappa shape index (κ2) is 5.97. The van der Waals surface area contributed by atoms with Gasteiger partial charge in [-0.1, -0.05) is 25.4 Å². The summed E-state index contributed by atoms with van der Waals surface area (Å²) in [4.78, 5) is 0. The molecule has 1 N–H and O–H groups in total. The lowest BCUT2D eigenvalue weighted by molar-refractivity contribution is 0.581. The molecule has 0 radical (unpaired) electrons. The zero-order valence-electron chi connectivity index (χ0n) is 12.7. The topological polar surface area (TPSA) is 47.7 Å². The van der Waals surface area contributed by atoms with Crippen LogP contribution in [0, 0.1) is 13.8 Å². The Balaban J connectivity index is 2.18. The van der Waals surface area contributed by atoms with Gasteiger partial charge in [0.15, 0.2) is 0 Å². The maximum atomic E-state index is 6.29. The lowest BCUT2D eigenvalue weighted by Gasteiger charge is -2.09. The molecule has 0 fully saturated rings. The fourth-order valence-electron chi connectivity index (χ4n) is 2.13. The Bertz CT molecular complexity index is 597. The molecular formula is C14H22ClN5. The van der Waals surface area contributed by atoms with Crippen molar-refractivity contribution in [1.82, 2.24) is 24.9 Å². The number of aryl methyl sites for hydroxylation is 2. The fourth-order valence-corrected chi connectivity index (χ4v) is 2.35. The maximum Gasteiger partial charge on any atom is 0.0866 e. The molecule has 0 unspecified atom stereocenters. The number of rotatable bonds is 5. The van der Waals surface area contributed by atoms with Gasteiger partial charge in [-0.25, -0.2) is 0 Å².